The van der Waals surface area contributed by atoms with Gasteiger partial charge in [0.15, 0.2) is 11.4 Å². The predicted octanol–water partition coefficient (Wildman–Crippen LogP) is 4.30. The Bertz CT molecular complexity index is 1730. The van der Waals surface area contributed by atoms with Crippen LogP contribution in [0.1, 0.15) is 24.2 Å². The lowest BCUT2D eigenvalue weighted by molar-refractivity contribution is -0.117. The number of carbonyl (C=O) groups is 3. The number of nitrogens with two attached hydrogens (primary N) is 1. The van der Waals surface area contributed by atoms with Gasteiger partial charge in [-0.2, -0.15) is 10.2 Å². The van der Waals surface area contributed by atoms with Crippen molar-refractivity contribution >= 4 is 40.4 Å². The highest BCUT2D eigenvalue weighted by Gasteiger charge is 2.10. The van der Waals surface area contributed by atoms with E-state index in [1.54, 1.807) is 90.5 Å². The predicted molar refractivity (Wildman–Crippen MR) is 173 cm³/mol. The molecule has 0 saturated heterocycles. The van der Waals surface area contributed by atoms with Crippen molar-refractivity contribution < 1.29 is 14.4 Å². The topological polar surface area (TPSA) is 146 Å². The quantitative estimate of drug-likeness (QED) is 0.218. The third-order valence-corrected chi connectivity index (χ3v) is 6.33. The van der Waals surface area contributed by atoms with Crippen LogP contribution >= 0.6 is 0 Å². The zero-order valence-electron chi connectivity index (χ0n) is 25.7. The zero-order chi connectivity index (χ0) is 32.2. The molecule has 0 radical (unpaired) electrons. The minimum absolute atomic E-state index is 0.00103. The molecule has 2 amide bonds. The third kappa shape index (κ3) is 9.11. The Morgan fingerprint density at radius 1 is 0.818 bits per heavy atom. The van der Waals surface area contributed by atoms with Crippen molar-refractivity contribution in [2.24, 2.45) is 0 Å². The highest BCUT2D eigenvalue weighted by atomic mass is 16.2. The molecular formula is C32H37N9O3. The summed E-state index contributed by atoms with van der Waals surface area (Å²) in [5, 5.41) is 10.4. The van der Waals surface area contributed by atoms with E-state index < -0.39 is 0 Å². The maximum atomic E-state index is 11.9. The minimum Gasteiger partial charge on any atom is -0.384 e. The van der Waals surface area contributed by atoms with Gasteiger partial charge in [0.2, 0.25) is 11.8 Å². The molecule has 44 heavy (non-hydrogen) atoms. The van der Waals surface area contributed by atoms with Crippen molar-refractivity contribution in [1.29, 1.82) is 0 Å². The number of benzene rings is 2. The number of allylic oxidation sites excluding steroid dienone is 1. The van der Waals surface area contributed by atoms with Crippen molar-refractivity contribution in [2.75, 3.05) is 43.7 Å². The van der Waals surface area contributed by atoms with Gasteiger partial charge in [0.05, 0.1) is 18.1 Å². The molecule has 0 aliphatic rings. The van der Waals surface area contributed by atoms with E-state index in [0.29, 0.717) is 17.1 Å². The average molecular weight is 596 g/mol. The molecule has 5 aromatic rings. The van der Waals surface area contributed by atoms with Gasteiger partial charge in [0.25, 0.3) is 0 Å². The van der Waals surface area contributed by atoms with Crippen LogP contribution in [0.3, 0.4) is 0 Å². The van der Waals surface area contributed by atoms with Gasteiger partial charge in [-0.3, -0.25) is 19.5 Å². The molecule has 3 N–H and O–H groups in total. The van der Waals surface area contributed by atoms with Gasteiger partial charge in [-0.25, -0.2) is 9.50 Å². The van der Waals surface area contributed by atoms with E-state index in [2.05, 4.69) is 20.3 Å². The molecule has 0 bridgehead atoms. The fourth-order valence-corrected chi connectivity index (χ4v) is 3.74. The second kappa shape index (κ2) is 15.4. The number of nitrogens with one attached hydrogen (secondary N) is 1. The van der Waals surface area contributed by atoms with Crippen molar-refractivity contribution in [1.82, 2.24) is 29.7 Å². The molecule has 2 aromatic carbocycles. The fraction of sp³-hybridized carbons (Fsp3) is 0.188. The minimum atomic E-state index is -0.0810. The fourth-order valence-electron chi connectivity index (χ4n) is 3.74. The monoisotopic (exact) mass is 595 g/mol. The van der Waals surface area contributed by atoms with Crippen molar-refractivity contribution in [3.05, 3.63) is 103 Å². The number of H-pyrrole nitrogens is 1. The first-order chi connectivity index (χ1) is 21.0. The number of hydrogen-bond donors (Lipinski definition) is 2. The number of amides is 2. The number of rotatable bonds is 6. The SMILES string of the molecule is CC(=O)N(C)c1cccc(-c2ccnc3ccnn23)c1.CC(=O)N(C)c1cccc(C(=O)/C=C/N(C)C)c1.Nc1ccn[nH]1. The number of anilines is 3. The van der Waals surface area contributed by atoms with Gasteiger partial charge in [-0.15, -0.1) is 0 Å². The van der Waals surface area contributed by atoms with Crippen LogP contribution in [0.2, 0.25) is 0 Å². The van der Waals surface area contributed by atoms with Crippen molar-refractivity contribution in [2.45, 2.75) is 13.8 Å². The summed E-state index contributed by atoms with van der Waals surface area (Å²) >= 11 is 0. The number of ketones is 1. The molecule has 228 valence electrons. The first kappa shape index (κ1) is 32.7. The molecule has 0 fully saturated rings. The maximum Gasteiger partial charge on any atom is 0.223 e. The number of fused-ring (bicyclic) bond motifs is 1. The number of nitrogens with zero attached hydrogens (tertiary/aromatic N) is 7. The molecule has 0 atom stereocenters. The number of carbonyl (C=O) groups excluding carboxylic acids is 3. The van der Waals surface area contributed by atoms with E-state index in [9.17, 15) is 14.4 Å². The van der Waals surface area contributed by atoms with E-state index in [4.69, 9.17) is 5.73 Å². The summed E-state index contributed by atoms with van der Waals surface area (Å²) in [5.41, 5.74) is 10.0. The highest BCUT2D eigenvalue weighted by Crippen LogP contribution is 2.24. The Morgan fingerprint density at radius 2 is 1.48 bits per heavy atom. The molecule has 5 rings (SSSR count). The Hall–Kier alpha value is -5.78. The Balaban J connectivity index is 0.000000203. The van der Waals surface area contributed by atoms with Crippen LogP contribution < -0.4 is 15.5 Å². The first-order valence-electron chi connectivity index (χ1n) is 13.6. The van der Waals surface area contributed by atoms with E-state index in [1.165, 1.54) is 17.9 Å². The Morgan fingerprint density at radius 3 is 2.05 bits per heavy atom. The Labute approximate surface area is 256 Å². The summed E-state index contributed by atoms with van der Waals surface area (Å²) in [6.07, 6.45) is 8.29. The molecule has 0 aliphatic heterocycles. The second-order valence-electron chi connectivity index (χ2n) is 9.84. The third-order valence-electron chi connectivity index (χ3n) is 6.33. The number of aromatic amines is 1. The highest BCUT2D eigenvalue weighted by molar-refractivity contribution is 6.05. The summed E-state index contributed by atoms with van der Waals surface area (Å²) in [7, 11) is 7.15. The maximum absolute atomic E-state index is 11.9. The number of nitrogen functional groups attached to an aromatic ring is 1. The molecule has 0 saturated carbocycles. The van der Waals surface area contributed by atoms with Gasteiger partial charge in [0.1, 0.15) is 5.82 Å². The normalized spacial score (nSPS) is 10.3. The van der Waals surface area contributed by atoms with E-state index >= 15 is 0 Å². The van der Waals surface area contributed by atoms with E-state index in [-0.39, 0.29) is 17.6 Å². The summed E-state index contributed by atoms with van der Waals surface area (Å²) in [4.78, 5) is 43.8. The molecule has 3 heterocycles. The standard InChI is InChI=1S/C15H14N4O.C14H18N2O2.C3H5N3/c1-11(20)18(2)13-5-3-4-12(10-13)14-6-8-16-15-7-9-17-19(14)15;1-11(17)16(4)13-7-5-6-12(10-13)14(18)8-9-15(2)3;4-3-1-2-5-6-3/h3-10H,1-2H3;5-10H,1-4H3;1-2H,(H3,4,5,6)/b;9-8+;. The van der Waals surface area contributed by atoms with E-state index in [1.807, 2.05) is 50.5 Å². The van der Waals surface area contributed by atoms with Gasteiger partial charge in [0, 0.05) is 89.1 Å². The van der Waals surface area contributed by atoms with Crippen molar-refractivity contribution in [3.63, 3.8) is 0 Å². The molecule has 3 aromatic heterocycles. The first-order valence-corrected chi connectivity index (χ1v) is 13.6. The molecule has 0 spiro atoms. The van der Waals surface area contributed by atoms with Crippen LogP contribution in [0.25, 0.3) is 16.9 Å². The Kier molecular flexibility index (Phi) is 11.5. The van der Waals surface area contributed by atoms with Crippen LogP contribution in [-0.2, 0) is 9.59 Å². The van der Waals surface area contributed by atoms with Gasteiger partial charge in [-0.1, -0.05) is 24.3 Å². The van der Waals surface area contributed by atoms with Crippen LogP contribution in [0.5, 0.6) is 0 Å². The summed E-state index contributed by atoms with van der Waals surface area (Å²) in [6.45, 7) is 3.03. The van der Waals surface area contributed by atoms with Crippen LogP contribution in [0.15, 0.2) is 97.6 Å². The molecule has 0 aliphatic carbocycles. The van der Waals surface area contributed by atoms with Gasteiger partial charge >= 0.3 is 0 Å². The average Bonchev–Trinajstić information content (AvgIpc) is 3.71. The summed E-state index contributed by atoms with van der Waals surface area (Å²) < 4.78 is 1.78. The second-order valence-corrected chi connectivity index (χ2v) is 9.84. The molecule has 0 unspecified atom stereocenters. The molecular weight excluding hydrogens is 558 g/mol. The van der Waals surface area contributed by atoms with Crippen LogP contribution in [0, 0.1) is 0 Å². The lowest BCUT2D eigenvalue weighted by atomic mass is 10.1. The zero-order valence-corrected chi connectivity index (χ0v) is 25.7. The lowest BCUT2D eigenvalue weighted by Gasteiger charge is -2.16. The van der Waals surface area contributed by atoms with Gasteiger partial charge < -0.3 is 20.4 Å². The largest absolute Gasteiger partial charge is 0.384 e. The molecule has 12 nitrogen and oxygen atoms in total. The summed E-state index contributed by atoms with van der Waals surface area (Å²) in [6, 6.07) is 20.3. The number of aromatic nitrogens is 5. The van der Waals surface area contributed by atoms with Crippen LogP contribution in [-0.4, -0.2) is 75.5 Å². The van der Waals surface area contributed by atoms with Crippen molar-refractivity contribution in [3.8, 4) is 11.3 Å². The van der Waals surface area contributed by atoms with E-state index in [0.717, 1.165) is 22.6 Å². The smallest absolute Gasteiger partial charge is 0.223 e. The summed E-state index contributed by atoms with van der Waals surface area (Å²) in [5.74, 6) is 0.460. The van der Waals surface area contributed by atoms with Gasteiger partial charge in [-0.05, 0) is 36.4 Å². The molecule has 12 heteroatoms. The number of hydrogen-bond acceptors (Lipinski definition) is 8. The lowest BCUT2D eigenvalue weighted by Crippen LogP contribution is -2.22. The van der Waals surface area contributed by atoms with Crippen LogP contribution in [0.4, 0.5) is 17.2 Å².